The Labute approximate surface area is 127 Å². The molecule has 1 unspecified atom stereocenters. The molecule has 1 fully saturated rings. The highest BCUT2D eigenvalue weighted by atomic mass is 16.5. The van der Waals surface area contributed by atoms with Crippen molar-refractivity contribution < 1.29 is 9.53 Å². The summed E-state index contributed by atoms with van der Waals surface area (Å²) in [6, 6.07) is 8.60. The summed E-state index contributed by atoms with van der Waals surface area (Å²) in [4.78, 5) is 14.3. The Balaban J connectivity index is 2.03. The molecule has 0 saturated carbocycles. The van der Waals surface area contributed by atoms with Crippen molar-refractivity contribution in [3.63, 3.8) is 0 Å². The number of methoxy groups -OCH3 is 1. The zero-order valence-corrected chi connectivity index (χ0v) is 13.3. The maximum atomic E-state index is 11.8. The maximum absolute atomic E-state index is 11.8. The lowest BCUT2D eigenvalue weighted by atomic mass is 10.1. The summed E-state index contributed by atoms with van der Waals surface area (Å²) in [5.74, 6) is -0.282. The molecule has 4 heteroatoms. The molecule has 1 saturated heterocycles. The van der Waals surface area contributed by atoms with Crippen LogP contribution >= 0.6 is 0 Å². The number of anilines is 1. The van der Waals surface area contributed by atoms with E-state index in [9.17, 15) is 4.79 Å². The van der Waals surface area contributed by atoms with Gasteiger partial charge in [-0.15, -0.1) is 0 Å². The van der Waals surface area contributed by atoms with E-state index in [1.807, 2.05) is 24.3 Å². The van der Waals surface area contributed by atoms with Crippen LogP contribution < -0.4 is 5.32 Å². The van der Waals surface area contributed by atoms with Crippen molar-refractivity contribution >= 4 is 11.7 Å². The molecule has 21 heavy (non-hydrogen) atoms. The summed E-state index contributed by atoms with van der Waals surface area (Å²) in [6.45, 7) is 6.77. The molecule has 1 N–H and O–H groups in total. The molecule has 116 valence electrons. The molecule has 4 nitrogen and oxygen atoms in total. The van der Waals surface area contributed by atoms with E-state index in [0.29, 0.717) is 17.6 Å². The minimum absolute atomic E-state index is 0.282. The minimum Gasteiger partial charge on any atom is -0.465 e. The van der Waals surface area contributed by atoms with E-state index in [1.54, 1.807) is 0 Å². The van der Waals surface area contributed by atoms with E-state index >= 15 is 0 Å². The smallest absolute Gasteiger partial charge is 0.339 e. The van der Waals surface area contributed by atoms with Crippen LogP contribution in [-0.2, 0) is 4.74 Å². The third-order valence-electron chi connectivity index (χ3n) is 4.18. The number of carbonyl (C=O) groups is 1. The summed E-state index contributed by atoms with van der Waals surface area (Å²) in [5.41, 5.74) is 1.50. The molecule has 1 aromatic carbocycles. The number of para-hydroxylation sites is 1. The van der Waals surface area contributed by atoms with Gasteiger partial charge >= 0.3 is 5.97 Å². The van der Waals surface area contributed by atoms with E-state index in [1.165, 1.54) is 13.5 Å². The molecular weight excluding hydrogens is 264 g/mol. The summed E-state index contributed by atoms with van der Waals surface area (Å²) in [5, 5.41) is 3.54. The monoisotopic (exact) mass is 290 g/mol. The number of esters is 1. The molecule has 0 spiro atoms. The lowest BCUT2D eigenvalue weighted by Gasteiger charge is -2.24. The van der Waals surface area contributed by atoms with Crippen LogP contribution in [0.2, 0.25) is 0 Å². The number of benzene rings is 1. The molecule has 1 aromatic rings. The minimum atomic E-state index is -0.282. The molecule has 2 rings (SSSR count). The van der Waals surface area contributed by atoms with Gasteiger partial charge < -0.3 is 15.0 Å². The second kappa shape index (κ2) is 7.46. The number of hydrogen-bond acceptors (Lipinski definition) is 4. The lowest BCUT2D eigenvalue weighted by Crippen LogP contribution is -2.32. The topological polar surface area (TPSA) is 41.6 Å². The van der Waals surface area contributed by atoms with Gasteiger partial charge in [0.05, 0.1) is 12.7 Å². The molecule has 0 aromatic heterocycles. The zero-order valence-electron chi connectivity index (χ0n) is 13.3. The highest BCUT2D eigenvalue weighted by molar-refractivity contribution is 5.95. The number of likely N-dealkylation sites (tertiary alicyclic amines) is 1. The Hall–Kier alpha value is -1.55. The highest BCUT2D eigenvalue weighted by Gasteiger charge is 2.20. The van der Waals surface area contributed by atoms with Gasteiger partial charge in [0, 0.05) is 24.3 Å². The van der Waals surface area contributed by atoms with Crippen molar-refractivity contribution in [2.75, 3.05) is 25.5 Å². The SMILES string of the molecule is COC(=O)c1ccccc1NC1CCCN(C(C)C)CC1. The van der Waals surface area contributed by atoms with Crippen molar-refractivity contribution in [1.82, 2.24) is 4.90 Å². The van der Waals surface area contributed by atoms with Gasteiger partial charge in [0.15, 0.2) is 0 Å². The normalized spacial score (nSPS) is 20.1. The first kappa shape index (κ1) is 15.8. The molecule has 1 heterocycles. The second-order valence-corrected chi connectivity index (χ2v) is 5.94. The fourth-order valence-electron chi connectivity index (χ4n) is 2.90. The number of nitrogens with one attached hydrogen (secondary N) is 1. The van der Waals surface area contributed by atoms with Crippen LogP contribution in [0.4, 0.5) is 5.69 Å². The van der Waals surface area contributed by atoms with E-state index < -0.39 is 0 Å². The molecule has 0 aliphatic carbocycles. The lowest BCUT2D eigenvalue weighted by molar-refractivity contribution is 0.0602. The zero-order chi connectivity index (χ0) is 15.2. The van der Waals surface area contributed by atoms with Gasteiger partial charge in [0.25, 0.3) is 0 Å². The number of hydrogen-bond donors (Lipinski definition) is 1. The fourth-order valence-corrected chi connectivity index (χ4v) is 2.90. The molecular formula is C17H26N2O2. The fraction of sp³-hybridized carbons (Fsp3) is 0.588. The van der Waals surface area contributed by atoms with Crippen LogP contribution in [0, 0.1) is 0 Å². The Morgan fingerprint density at radius 1 is 1.29 bits per heavy atom. The Morgan fingerprint density at radius 3 is 2.76 bits per heavy atom. The third-order valence-corrected chi connectivity index (χ3v) is 4.18. The van der Waals surface area contributed by atoms with Gasteiger partial charge in [-0.05, 0) is 51.8 Å². The van der Waals surface area contributed by atoms with Crippen molar-refractivity contribution in [3.8, 4) is 0 Å². The van der Waals surface area contributed by atoms with Crippen molar-refractivity contribution in [2.45, 2.75) is 45.2 Å². The Kier molecular flexibility index (Phi) is 5.62. The number of rotatable bonds is 4. The maximum Gasteiger partial charge on any atom is 0.339 e. The van der Waals surface area contributed by atoms with Crippen LogP contribution in [0.25, 0.3) is 0 Å². The van der Waals surface area contributed by atoms with Gasteiger partial charge in [0.2, 0.25) is 0 Å². The van der Waals surface area contributed by atoms with E-state index in [2.05, 4.69) is 24.1 Å². The van der Waals surface area contributed by atoms with Crippen LogP contribution in [0.15, 0.2) is 24.3 Å². The van der Waals surface area contributed by atoms with Crippen molar-refractivity contribution in [1.29, 1.82) is 0 Å². The first-order chi connectivity index (χ1) is 10.1. The molecule has 1 atom stereocenters. The van der Waals surface area contributed by atoms with E-state index in [0.717, 1.165) is 31.6 Å². The van der Waals surface area contributed by atoms with E-state index in [-0.39, 0.29) is 5.97 Å². The Morgan fingerprint density at radius 2 is 2.05 bits per heavy atom. The highest BCUT2D eigenvalue weighted by Crippen LogP contribution is 2.21. The van der Waals surface area contributed by atoms with Crippen molar-refractivity contribution in [2.24, 2.45) is 0 Å². The predicted molar refractivity (Wildman–Crippen MR) is 85.8 cm³/mol. The summed E-state index contributed by atoms with van der Waals surface area (Å²) in [6.07, 6.45) is 3.43. The molecule has 0 bridgehead atoms. The van der Waals surface area contributed by atoms with Crippen LogP contribution in [0.5, 0.6) is 0 Å². The summed E-state index contributed by atoms with van der Waals surface area (Å²) < 4.78 is 4.85. The summed E-state index contributed by atoms with van der Waals surface area (Å²) in [7, 11) is 1.42. The van der Waals surface area contributed by atoms with Crippen molar-refractivity contribution in [3.05, 3.63) is 29.8 Å². The van der Waals surface area contributed by atoms with Crippen LogP contribution in [-0.4, -0.2) is 43.2 Å². The number of ether oxygens (including phenoxy) is 1. The average molecular weight is 290 g/mol. The van der Waals surface area contributed by atoms with Gasteiger partial charge in [0.1, 0.15) is 0 Å². The molecule has 1 aliphatic rings. The van der Waals surface area contributed by atoms with Crippen LogP contribution in [0.1, 0.15) is 43.5 Å². The number of nitrogens with zero attached hydrogens (tertiary/aromatic N) is 1. The number of carbonyl (C=O) groups excluding carboxylic acids is 1. The largest absolute Gasteiger partial charge is 0.465 e. The molecule has 0 radical (unpaired) electrons. The van der Waals surface area contributed by atoms with Gasteiger partial charge in [-0.25, -0.2) is 4.79 Å². The van der Waals surface area contributed by atoms with Crippen LogP contribution in [0.3, 0.4) is 0 Å². The standard InChI is InChI=1S/C17H26N2O2/c1-13(2)19-11-6-7-14(10-12-19)18-16-9-5-4-8-15(16)17(20)21-3/h4-5,8-9,13-14,18H,6-7,10-12H2,1-3H3. The molecule has 1 aliphatic heterocycles. The molecule has 0 amide bonds. The third kappa shape index (κ3) is 4.21. The van der Waals surface area contributed by atoms with Gasteiger partial charge in [-0.1, -0.05) is 12.1 Å². The summed E-state index contributed by atoms with van der Waals surface area (Å²) >= 11 is 0. The first-order valence-electron chi connectivity index (χ1n) is 7.79. The Bertz CT molecular complexity index is 474. The van der Waals surface area contributed by atoms with E-state index in [4.69, 9.17) is 4.74 Å². The quantitative estimate of drug-likeness (QED) is 0.865. The first-order valence-corrected chi connectivity index (χ1v) is 7.79. The second-order valence-electron chi connectivity index (χ2n) is 5.94. The predicted octanol–water partition coefficient (Wildman–Crippen LogP) is 3.15. The van der Waals surface area contributed by atoms with Gasteiger partial charge in [-0.3, -0.25) is 0 Å². The van der Waals surface area contributed by atoms with Gasteiger partial charge in [-0.2, -0.15) is 0 Å². The average Bonchev–Trinajstić information content (AvgIpc) is 2.73.